The van der Waals surface area contributed by atoms with Crippen LogP contribution in [0.25, 0.3) is 110 Å². The van der Waals surface area contributed by atoms with Gasteiger partial charge in [-0.25, -0.2) is 9.97 Å². The van der Waals surface area contributed by atoms with E-state index in [1.54, 1.807) is 0 Å². The first-order chi connectivity index (χ1) is 26.3. The summed E-state index contributed by atoms with van der Waals surface area (Å²) < 4.78 is 11.2. The molecule has 12 aromatic rings. The molecule has 0 aliphatic heterocycles. The van der Waals surface area contributed by atoms with E-state index in [2.05, 4.69) is 161 Å². The Balaban J connectivity index is 1.24. The zero-order chi connectivity index (χ0) is 34.6. The Kier molecular flexibility index (Phi) is 5.71. The molecule has 0 spiro atoms. The van der Waals surface area contributed by atoms with Gasteiger partial charge >= 0.3 is 0 Å². The third-order valence-electron chi connectivity index (χ3n) is 10.9. The summed E-state index contributed by atoms with van der Waals surface area (Å²) >= 11 is 0. The molecule has 0 unspecified atom stereocenters. The van der Waals surface area contributed by atoms with Crippen LogP contribution >= 0.6 is 0 Å². The summed E-state index contributed by atoms with van der Waals surface area (Å²) in [5.74, 6) is 0.602. The highest BCUT2D eigenvalue weighted by Crippen LogP contribution is 2.43. The van der Waals surface area contributed by atoms with Crippen molar-refractivity contribution in [3.8, 4) is 22.9 Å². The van der Waals surface area contributed by atoms with Gasteiger partial charge in [-0.3, -0.25) is 4.57 Å². The van der Waals surface area contributed by atoms with Crippen molar-refractivity contribution in [2.45, 2.75) is 0 Å². The molecule has 5 nitrogen and oxygen atoms in total. The standard InChI is InChI=1S/C48H28N4O/c1-2-14-31-28-32(25-24-29(31)12-1)44-47-45(37-19-7-10-23-42(37)53-47)50-48(49-44)52-40-21-9-6-18-36(40)43-41(52)27-26-35-34-17-5-8-20-39(34)51(46(35)43)38-22-11-15-30-13-3-4-16-33(30)38/h1-28H. The minimum Gasteiger partial charge on any atom is -0.452 e. The summed E-state index contributed by atoms with van der Waals surface area (Å²) in [4.78, 5) is 10.8. The topological polar surface area (TPSA) is 48.8 Å². The van der Waals surface area contributed by atoms with E-state index in [4.69, 9.17) is 14.4 Å². The van der Waals surface area contributed by atoms with Gasteiger partial charge in [0.05, 0.1) is 27.8 Å². The smallest absolute Gasteiger partial charge is 0.236 e. The average Bonchev–Trinajstić information content (AvgIpc) is 3.88. The summed E-state index contributed by atoms with van der Waals surface area (Å²) in [5, 5.41) is 10.4. The van der Waals surface area contributed by atoms with Crippen LogP contribution in [0.3, 0.4) is 0 Å². The Bertz CT molecular complexity index is 3470. The minimum atomic E-state index is 0.602. The predicted molar refractivity (Wildman–Crippen MR) is 218 cm³/mol. The Morgan fingerprint density at radius 1 is 0.434 bits per heavy atom. The minimum absolute atomic E-state index is 0.602. The van der Waals surface area contributed by atoms with E-state index >= 15 is 0 Å². The first kappa shape index (κ1) is 28.5. The lowest BCUT2D eigenvalue weighted by Crippen LogP contribution is -2.03. The maximum atomic E-state index is 6.55. The Morgan fingerprint density at radius 2 is 1.11 bits per heavy atom. The molecule has 12 rings (SSSR count). The molecule has 5 heteroatoms. The lowest BCUT2D eigenvalue weighted by Gasteiger charge is -2.13. The molecule has 0 saturated carbocycles. The number of fused-ring (bicyclic) bond motifs is 12. The molecule has 0 aliphatic rings. The van der Waals surface area contributed by atoms with E-state index in [1.807, 2.05) is 18.2 Å². The Labute approximate surface area is 302 Å². The molecule has 0 saturated heterocycles. The van der Waals surface area contributed by atoms with Gasteiger partial charge in [0, 0.05) is 37.9 Å². The van der Waals surface area contributed by atoms with Gasteiger partial charge in [-0.2, -0.15) is 0 Å². The van der Waals surface area contributed by atoms with Crippen molar-refractivity contribution >= 4 is 87.2 Å². The van der Waals surface area contributed by atoms with Crippen molar-refractivity contribution in [3.63, 3.8) is 0 Å². The zero-order valence-corrected chi connectivity index (χ0v) is 28.4. The fraction of sp³-hybridized carbons (Fsp3) is 0. The number of hydrogen-bond acceptors (Lipinski definition) is 3. The van der Waals surface area contributed by atoms with Crippen molar-refractivity contribution in [1.82, 2.24) is 19.1 Å². The second-order valence-corrected chi connectivity index (χ2v) is 13.8. The van der Waals surface area contributed by atoms with Crippen molar-refractivity contribution in [1.29, 1.82) is 0 Å². The van der Waals surface area contributed by atoms with Gasteiger partial charge in [-0.1, -0.05) is 127 Å². The summed E-state index contributed by atoms with van der Waals surface area (Å²) in [5.41, 5.74) is 9.60. The second kappa shape index (κ2) is 10.6. The van der Waals surface area contributed by atoms with E-state index in [0.717, 1.165) is 60.6 Å². The van der Waals surface area contributed by atoms with Crippen LogP contribution in [0.15, 0.2) is 174 Å². The largest absolute Gasteiger partial charge is 0.452 e. The molecule has 0 aliphatic carbocycles. The third kappa shape index (κ3) is 3.96. The number of para-hydroxylation sites is 3. The van der Waals surface area contributed by atoms with Crippen molar-refractivity contribution in [2.75, 3.05) is 0 Å². The molecule has 246 valence electrons. The second-order valence-electron chi connectivity index (χ2n) is 13.8. The molecule has 53 heavy (non-hydrogen) atoms. The zero-order valence-electron chi connectivity index (χ0n) is 28.4. The molecule has 4 aromatic heterocycles. The fourth-order valence-corrected chi connectivity index (χ4v) is 8.59. The van der Waals surface area contributed by atoms with Crippen molar-refractivity contribution < 1.29 is 4.42 Å². The normalized spacial score (nSPS) is 12.2. The highest BCUT2D eigenvalue weighted by molar-refractivity contribution is 6.26. The molecular weight excluding hydrogens is 649 g/mol. The third-order valence-corrected chi connectivity index (χ3v) is 10.9. The number of benzene rings is 8. The molecule has 0 radical (unpaired) electrons. The van der Waals surface area contributed by atoms with Gasteiger partial charge < -0.3 is 8.98 Å². The summed E-state index contributed by atoms with van der Waals surface area (Å²) in [6.07, 6.45) is 0. The quantitative estimate of drug-likeness (QED) is 0.187. The molecule has 0 fully saturated rings. The molecule has 0 N–H and O–H groups in total. The van der Waals surface area contributed by atoms with Crippen LogP contribution in [-0.4, -0.2) is 19.1 Å². The van der Waals surface area contributed by atoms with Gasteiger partial charge in [0.15, 0.2) is 5.58 Å². The van der Waals surface area contributed by atoms with Crippen LogP contribution in [0.4, 0.5) is 0 Å². The summed E-state index contributed by atoms with van der Waals surface area (Å²) in [6, 6.07) is 60.2. The van der Waals surface area contributed by atoms with Crippen molar-refractivity contribution in [2.24, 2.45) is 0 Å². The van der Waals surface area contributed by atoms with E-state index in [9.17, 15) is 0 Å². The lowest BCUT2D eigenvalue weighted by molar-refractivity contribution is 0.666. The van der Waals surface area contributed by atoms with Crippen LogP contribution in [0.5, 0.6) is 0 Å². The maximum Gasteiger partial charge on any atom is 0.236 e. The fourth-order valence-electron chi connectivity index (χ4n) is 8.59. The van der Waals surface area contributed by atoms with Gasteiger partial charge in [-0.05, 0) is 58.6 Å². The van der Waals surface area contributed by atoms with Crippen molar-refractivity contribution in [3.05, 3.63) is 170 Å². The number of furan rings is 1. The van der Waals surface area contributed by atoms with Crippen LogP contribution < -0.4 is 0 Å². The van der Waals surface area contributed by atoms with Gasteiger partial charge in [0.2, 0.25) is 5.95 Å². The Hall–Kier alpha value is -7.24. The van der Waals surface area contributed by atoms with E-state index < -0.39 is 0 Å². The first-order valence-corrected chi connectivity index (χ1v) is 17.9. The highest BCUT2D eigenvalue weighted by Gasteiger charge is 2.24. The molecule has 0 atom stereocenters. The predicted octanol–water partition coefficient (Wildman–Crippen LogP) is 12.5. The highest BCUT2D eigenvalue weighted by atomic mass is 16.3. The molecule has 0 amide bonds. The molecular formula is C48H28N4O. The Morgan fingerprint density at radius 3 is 1.98 bits per heavy atom. The number of hydrogen-bond donors (Lipinski definition) is 0. The van der Waals surface area contributed by atoms with E-state index in [-0.39, 0.29) is 0 Å². The maximum absolute atomic E-state index is 6.55. The van der Waals surface area contributed by atoms with Crippen LogP contribution in [-0.2, 0) is 0 Å². The molecule has 0 bridgehead atoms. The first-order valence-electron chi connectivity index (χ1n) is 17.9. The lowest BCUT2D eigenvalue weighted by atomic mass is 10.0. The summed E-state index contributed by atoms with van der Waals surface area (Å²) in [7, 11) is 0. The van der Waals surface area contributed by atoms with Crippen LogP contribution in [0.2, 0.25) is 0 Å². The average molecular weight is 677 g/mol. The SMILES string of the molecule is c1ccc2cc(-c3nc(-n4c5ccccc5c5c4ccc4c6ccccc6n(-c6cccc7ccccc67)c45)nc4c3oc3ccccc34)ccc2c1. The number of aromatic nitrogens is 4. The van der Waals surface area contributed by atoms with E-state index in [1.165, 1.54) is 38.0 Å². The van der Waals surface area contributed by atoms with E-state index in [0.29, 0.717) is 11.5 Å². The van der Waals surface area contributed by atoms with Crippen LogP contribution in [0.1, 0.15) is 0 Å². The molecule has 4 heterocycles. The van der Waals surface area contributed by atoms with Gasteiger partial charge in [0.1, 0.15) is 16.8 Å². The monoisotopic (exact) mass is 676 g/mol. The molecule has 8 aromatic carbocycles. The number of nitrogens with zero attached hydrogens (tertiary/aromatic N) is 4. The van der Waals surface area contributed by atoms with Gasteiger partial charge in [0.25, 0.3) is 0 Å². The van der Waals surface area contributed by atoms with Crippen LogP contribution in [0, 0.1) is 0 Å². The number of rotatable bonds is 3. The summed E-state index contributed by atoms with van der Waals surface area (Å²) in [6.45, 7) is 0. The van der Waals surface area contributed by atoms with Gasteiger partial charge in [-0.15, -0.1) is 0 Å².